The van der Waals surface area contributed by atoms with Crippen molar-refractivity contribution in [1.29, 1.82) is 0 Å². The lowest BCUT2D eigenvalue weighted by atomic mass is 10.1. The van der Waals surface area contributed by atoms with Crippen molar-refractivity contribution in [2.24, 2.45) is 0 Å². The number of ether oxygens (including phenoxy) is 1. The van der Waals surface area contributed by atoms with E-state index in [0.717, 1.165) is 11.2 Å². The molecule has 2 amide bonds. The molecule has 0 saturated carbocycles. The van der Waals surface area contributed by atoms with Crippen LogP contribution in [0.5, 0.6) is 5.88 Å². The number of halogens is 1. The second-order valence-electron chi connectivity index (χ2n) is 4.02. The van der Waals surface area contributed by atoms with E-state index in [1.165, 1.54) is 12.3 Å². The minimum atomic E-state index is -0.809. The molecule has 0 saturated heterocycles. The molecule has 0 spiro atoms. The summed E-state index contributed by atoms with van der Waals surface area (Å²) in [7, 11) is 0. The largest absolute Gasteiger partial charge is 0.423 e. The van der Waals surface area contributed by atoms with E-state index in [4.69, 9.17) is 16.3 Å². The number of aromatic nitrogens is 4. The first-order valence-corrected chi connectivity index (χ1v) is 6.06. The van der Waals surface area contributed by atoms with Gasteiger partial charge in [-0.3, -0.25) is 9.89 Å². The van der Waals surface area contributed by atoms with Gasteiger partial charge in [-0.05, 0) is 0 Å². The Labute approximate surface area is 117 Å². The number of amides is 2. The summed E-state index contributed by atoms with van der Waals surface area (Å²) in [6.45, 7) is 0.214. The van der Waals surface area contributed by atoms with E-state index < -0.39 is 12.0 Å². The second kappa shape index (κ2) is 4.89. The molecular formula is C11H8ClN5O3. The van der Waals surface area contributed by atoms with E-state index in [1.54, 1.807) is 0 Å². The highest BCUT2D eigenvalue weighted by atomic mass is 35.5. The summed E-state index contributed by atoms with van der Waals surface area (Å²) >= 11 is 5.66. The van der Waals surface area contributed by atoms with E-state index in [2.05, 4.69) is 20.2 Å². The number of fused-ring (bicyclic) bond motifs is 1. The van der Waals surface area contributed by atoms with Crippen LogP contribution in [0.4, 0.5) is 4.79 Å². The standard InChI is InChI=1S/C11H8ClN5O3/c12-8-3-9(14-5-13-8)20-11(19)17-2-1-7-6(10(17)18)4-15-16-7/h3-5H,1-2H2,(H,15,16). The highest BCUT2D eigenvalue weighted by Gasteiger charge is 2.31. The van der Waals surface area contributed by atoms with Crippen LogP contribution in [0.1, 0.15) is 16.1 Å². The number of rotatable bonds is 1. The van der Waals surface area contributed by atoms with Crippen LogP contribution in [0, 0.1) is 0 Å². The van der Waals surface area contributed by atoms with Gasteiger partial charge in [0.2, 0.25) is 5.88 Å². The third-order valence-corrected chi connectivity index (χ3v) is 3.01. The average molecular weight is 294 g/mol. The van der Waals surface area contributed by atoms with Crippen molar-refractivity contribution in [3.05, 3.63) is 35.0 Å². The molecule has 1 N–H and O–H groups in total. The van der Waals surface area contributed by atoms with Crippen LogP contribution in [0.2, 0.25) is 5.15 Å². The molecule has 0 unspecified atom stereocenters. The summed E-state index contributed by atoms with van der Waals surface area (Å²) in [4.78, 5) is 32.5. The summed E-state index contributed by atoms with van der Waals surface area (Å²) in [6, 6.07) is 1.29. The van der Waals surface area contributed by atoms with E-state index in [0.29, 0.717) is 17.7 Å². The summed E-state index contributed by atoms with van der Waals surface area (Å²) < 4.78 is 5.00. The maximum atomic E-state index is 12.1. The van der Waals surface area contributed by atoms with Gasteiger partial charge >= 0.3 is 6.09 Å². The van der Waals surface area contributed by atoms with Crippen molar-refractivity contribution in [2.45, 2.75) is 6.42 Å². The average Bonchev–Trinajstić information content (AvgIpc) is 2.88. The topological polar surface area (TPSA) is 101 Å². The van der Waals surface area contributed by atoms with Gasteiger partial charge < -0.3 is 4.74 Å². The van der Waals surface area contributed by atoms with E-state index >= 15 is 0 Å². The number of imide groups is 1. The fourth-order valence-electron chi connectivity index (χ4n) is 1.85. The van der Waals surface area contributed by atoms with E-state index in [9.17, 15) is 9.59 Å². The first kappa shape index (κ1) is 12.5. The molecule has 0 aromatic carbocycles. The molecule has 1 aliphatic heterocycles. The molecule has 2 aromatic heterocycles. The Morgan fingerprint density at radius 3 is 3.10 bits per heavy atom. The highest BCUT2D eigenvalue weighted by Crippen LogP contribution is 2.18. The van der Waals surface area contributed by atoms with Crippen LogP contribution in [-0.4, -0.2) is 43.6 Å². The number of hydrogen-bond acceptors (Lipinski definition) is 6. The molecule has 0 fully saturated rings. The number of carbonyl (C=O) groups is 2. The van der Waals surface area contributed by atoms with E-state index in [-0.39, 0.29) is 17.6 Å². The van der Waals surface area contributed by atoms with Crippen molar-refractivity contribution >= 4 is 23.6 Å². The highest BCUT2D eigenvalue weighted by molar-refractivity contribution is 6.29. The van der Waals surface area contributed by atoms with Gasteiger partial charge in [0.05, 0.1) is 11.8 Å². The molecule has 3 rings (SSSR count). The Morgan fingerprint density at radius 1 is 1.45 bits per heavy atom. The predicted molar refractivity (Wildman–Crippen MR) is 66.4 cm³/mol. The predicted octanol–water partition coefficient (Wildman–Crippen LogP) is 1.05. The van der Waals surface area contributed by atoms with Gasteiger partial charge in [-0.1, -0.05) is 11.6 Å². The lowest BCUT2D eigenvalue weighted by Crippen LogP contribution is -2.43. The zero-order chi connectivity index (χ0) is 14.1. The Balaban J connectivity index is 1.77. The molecule has 8 nitrogen and oxygen atoms in total. The number of nitrogens with one attached hydrogen (secondary N) is 1. The van der Waals surface area contributed by atoms with Crippen molar-refractivity contribution in [3.63, 3.8) is 0 Å². The van der Waals surface area contributed by atoms with Gasteiger partial charge in [0, 0.05) is 24.7 Å². The molecule has 9 heteroatoms. The molecule has 20 heavy (non-hydrogen) atoms. The fourth-order valence-corrected chi connectivity index (χ4v) is 1.99. The maximum absolute atomic E-state index is 12.1. The summed E-state index contributed by atoms with van der Waals surface area (Å²) in [5.74, 6) is -0.467. The quantitative estimate of drug-likeness (QED) is 0.789. The minimum Gasteiger partial charge on any atom is -0.391 e. The Kier molecular flexibility index (Phi) is 3.07. The van der Waals surface area contributed by atoms with Crippen molar-refractivity contribution in [2.75, 3.05) is 6.54 Å². The Hall–Kier alpha value is -2.48. The number of carbonyl (C=O) groups excluding carboxylic acids is 2. The van der Waals surface area contributed by atoms with Gasteiger partial charge in [-0.15, -0.1) is 0 Å². The molecule has 2 aromatic rings. The zero-order valence-electron chi connectivity index (χ0n) is 10.0. The molecule has 0 bridgehead atoms. The molecule has 1 aliphatic rings. The van der Waals surface area contributed by atoms with Gasteiger partial charge in [-0.25, -0.2) is 19.7 Å². The van der Waals surface area contributed by atoms with Crippen LogP contribution in [0.15, 0.2) is 18.6 Å². The Bertz CT molecular complexity index is 686. The first-order valence-electron chi connectivity index (χ1n) is 5.68. The maximum Gasteiger partial charge on any atom is 0.423 e. The first-order chi connectivity index (χ1) is 9.65. The van der Waals surface area contributed by atoms with Crippen LogP contribution >= 0.6 is 11.6 Å². The van der Waals surface area contributed by atoms with Gasteiger partial charge in [0.1, 0.15) is 11.5 Å². The summed E-state index contributed by atoms with van der Waals surface area (Å²) in [5.41, 5.74) is 1.08. The normalized spacial score (nSPS) is 14.1. The fraction of sp³-hybridized carbons (Fsp3) is 0.182. The van der Waals surface area contributed by atoms with Gasteiger partial charge in [-0.2, -0.15) is 5.10 Å². The molecule has 3 heterocycles. The van der Waals surface area contributed by atoms with Crippen LogP contribution in [-0.2, 0) is 6.42 Å². The summed E-state index contributed by atoms with van der Waals surface area (Å²) in [6.07, 6.45) is 2.24. The van der Waals surface area contributed by atoms with Crippen LogP contribution in [0.3, 0.4) is 0 Å². The third-order valence-electron chi connectivity index (χ3n) is 2.80. The summed E-state index contributed by atoms with van der Waals surface area (Å²) in [5, 5.41) is 6.64. The molecule has 0 atom stereocenters. The smallest absolute Gasteiger partial charge is 0.391 e. The number of aromatic amines is 1. The van der Waals surface area contributed by atoms with E-state index in [1.807, 2.05) is 0 Å². The van der Waals surface area contributed by atoms with Crippen LogP contribution in [0.25, 0.3) is 0 Å². The Morgan fingerprint density at radius 2 is 2.30 bits per heavy atom. The number of nitrogens with zero attached hydrogens (tertiary/aromatic N) is 4. The van der Waals surface area contributed by atoms with Crippen LogP contribution < -0.4 is 4.74 Å². The SMILES string of the molecule is O=C(Oc1cc(Cl)ncn1)N1CCc2[nH]ncc2C1=O. The lowest BCUT2D eigenvalue weighted by Gasteiger charge is -2.23. The van der Waals surface area contributed by atoms with Crippen molar-refractivity contribution < 1.29 is 14.3 Å². The molecule has 0 aliphatic carbocycles. The minimum absolute atomic E-state index is 0.0132. The zero-order valence-corrected chi connectivity index (χ0v) is 10.8. The number of hydrogen-bond donors (Lipinski definition) is 1. The second-order valence-corrected chi connectivity index (χ2v) is 4.40. The molecule has 102 valence electrons. The molecular weight excluding hydrogens is 286 g/mol. The molecule has 0 radical (unpaired) electrons. The lowest BCUT2D eigenvalue weighted by molar-refractivity contribution is 0.0735. The monoisotopic (exact) mass is 293 g/mol. The van der Waals surface area contributed by atoms with Crippen molar-refractivity contribution in [1.82, 2.24) is 25.1 Å². The van der Waals surface area contributed by atoms with Crippen molar-refractivity contribution in [3.8, 4) is 5.88 Å². The van der Waals surface area contributed by atoms with Gasteiger partial charge in [0.15, 0.2) is 0 Å². The third kappa shape index (κ3) is 2.21. The number of H-pyrrole nitrogens is 1. The van der Waals surface area contributed by atoms with Gasteiger partial charge in [0.25, 0.3) is 5.91 Å².